The molecule has 0 saturated heterocycles. The van der Waals surface area contributed by atoms with Crippen molar-refractivity contribution in [3.05, 3.63) is 35.9 Å². The molecule has 0 radical (unpaired) electrons. The molecular weight excluding hydrogens is 522 g/mol. The van der Waals surface area contributed by atoms with E-state index in [1.807, 2.05) is 0 Å². The Balaban J connectivity index is 0.0000144. The third kappa shape index (κ3) is 21.0. The molecule has 0 atom stereocenters. The molecule has 0 spiro atoms. The van der Waals surface area contributed by atoms with Crippen LogP contribution in [0.25, 0.3) is 0 Å². The van der Waals surface area contributed by atoms with Gasteiger partial charge in [-0.2, -0.15) is 12.8 Å². The zero-order valence-electron chi connectivity index (χ0n) is 24.3. The summed E-state index contributed by atoms with van der Waals surface area (Å²) < 4.78 is 52.0. The predicted octanol–water partition coefficient (Wildman–Crippen LogP) is 10.5. The molecule has 0 bridgehead atoms. The number of rotatable bonds is 25. The summed E-state index contributed by atoms with van der Waals surface area (Å²) in [6.07, 6.45) is 26.6. The van der Waals surface area contributed by atoms with Crippen molar-refractivity contribution in [2.24, 2.45) is 0 Å². The molecule has 0 aliphatic heterocycles. The van der Waals surface area contributed by atoms with Crippen LogP contribution in [0, 0.1) is 0 Å². The van der Waals surface area contributed by atoms with Gasteiger partial charge in [-0.1, -0.05) is 129 Å². The van der Waals surface area contributed by atoms with Crippen LogP contribution in [0.4, 0.5) is 4.39 Å². The van der Waals surface area contributed by atoms with Crippen molar-refractivity contribution in [1.82, 2.24) is 0 Å². The first kappa shape index (κ1) is 38.6. The first-order valence-electron chi connectivity index (χ1n) is 15.5. The van der Waals surface area contributed by atoms with Gasteiger partial charge in [0.1, 0.15) is 5.75 Å². The van der Waals surface area contributed by atoms with Gasteiger partial charge in [0, 0.05) is 5.57 Å². The standard InChI is InChI=1S/C32H55FO4S.Na.H/c1-3-5-7-9-10-11-12-13-14-15-16-17-18-20-22-24-29(23-21-19-8-6-4-2)32(33)37-30-25-27-31(28-26-30)38(34,35)36;;/h25-28H,3-24H2,1-2H3,(H,34,35,36);;. The number of hydrogen-bond acceptors (Lipinski definition) is 3. The SMILES string of the molecule is CCCCCCCCCCCCCCCCCC(CCCCCCC)=C(F)Oc1ccc(S(=O)(=O)O)cc1.[NaH]. The zero-order valence-corrected chi connectivity index (χ0v) is 25.1. The average Bonchev–Trinajstić information content (AvgIpc) is 2.89. The van der Waals surface area contributed by atoms with Crippen molar-refractivity contribution >= 4 is 39.7 Å². The zero-order chi connectivity index (χ0) is 27.9. The third-order valence-corrected chi connectivity index (χ3v) is 8.14. The van der Waals surface area contributed by atoms with Gasteiger partial charge in [-0.15, -0.1) is 0 Å². The molecule has 0 aromatic heterocycles. The van der Waals surface area contributed by atoms with Crippen LogP contribution in [-0.4, -0.2) is 42.5 Å². The summed E-state index contributed by atoms with van der Waals surface area (Å²) in [6.45, 7) is 4.45. The molecule has 1 rings (SSSR count). The van der Waals surface area contributed by atoms with Crippen LogP contribution in [0.15, 0.2) is 40.7 Å². The van der Waals surface area contributed by atoms with Crippen molar-refractivity contribution < 1.29 is 22.1 Å². The van der Waals surface area contributed by atoms with E-state index < -0.39 is 16.1 Å². The number of hydrogen-bond donors (Lipinski definition) is 1. The van der Waals surface area contributed by atoms with Crippen LogP contribution in [0.2, 0.25) is 0 Å². The van der Waals surface area contributed by atoms with Crippen molar-refractivity contribution in [3.63, 3.8) is 0 Å². The van der Waals surface area contributed by atoms with Gasteiger partial charge in [-0.05, 0) is 49.9 Å². The Labute approximate surface area is 262 Å². The van der Waals surface area contributed by atoms with Gasteiger partial charge >= 0.3 is 29.6 Å². The van der Waals surface area contributed by atoms with E-state index in [2.05, 4.69) is 13.8 Å². The van der Waals surface area contributed by atoms with Crippen LogP contribution in [-0.2, 0) is 10.1 Å². The maximum atomic E-state index is 15.0. The van der Waals surface area contributed by atoms with Gasteiger partial charge in [-0.25, -0.2) is 0 Å². The quantitative estimate of drug-likeness (QED) is 0.0542. The second-order valence-electron chi connectivity index (χ2n) is 10.8. The number of allylic oxidation sites excluding steroid dienone is 1. The average molecular weight is 579 g/mol. The van der Waals surface area contributed by atoms with Gasteiger partial charge in [0.25, 0.3) is 16.1 Å². The number of benzene rings is 1. The van der Waals surface area contributed by atoms with E-state index in [0.29, 0.717) is 12.8 Å². The number of halogens is 1. The molecule has 0 aliphatic rings. The van der Waals surface area contributed by atoms with E-state index in [-0.39, 0.29) is 40.2 Å². The summed E-state index contributed by atoms with van der Waals surface area (Å²) in [5.41, 5.74) is 0.718. The van der Waals surface area contributed by atoms with Gasteiger partial charge < -0.3 is 4.74 Å². The van der Waals surface area contributed by atoms with Crippen molar-refractivity contribution in [1.29, 1.82) is 0 Å². The van der Waals surface area contributed by atoms with E-state index in [0.717, 1.165) is 31.3 Å². The molecule has 0 unspecified atom stereocenters. The molecule has 7 heteroatoms. The molecule has 0 saturated carbocycles. The van der Waals surface area contributed by atoms with Crippen LogP contribution in [0.1, 0.15) is 155 Å². The molecule has 222 valence electrons. The Bertz CT molecular complexity index is 840. The van der Waals surface area contributed by atoms with Crippen molar-refractivity contribution in [2.45, 2.75) is 160 Å². The fourth-order valence-corrected chi connectivity index (χ4v) is 5.31. The van der Waals surface area contributed by atoms with E-state index in [9.17, 15) is 8.42 Å². The Kier molecular flexibility index (Phi) is 25.1. The first-order chi connectivity index (χ1) is 18.4. The topological polar surface area (TPSA) is 63.6 Å². The maximum absolute atomic E-state index is 15.0. The number of ether oxygens (including phenoxy) is 1. The van der Waals surface area contributed by atoms with Gasteiger partial charge in [0.2, 0.25) is 0 Å². The van der Waals surface area contributed by atoms with Gasteiger partial charge in [0.15, 0.2) is 0 Å². The second kappa shape index (κ2) is 25.3. The Morgan fingerprint density at radius 1 is 0.641 bits per heavy atom. The van der Waals surface area contributed by atoms with Crippen LogP contribution in [0.5, 0.6) is 5.75 Å². The molecule has 1 aromatic rings. The van der Waals surface area contributed by atoms with E-state index >= 15 is 4.39 Å². The molecule has 0 fully saturated rings. The van der Waals surface area contributed by atoms with Crippen LogP contribution in [0.3, 0.4) is 0 Å². The van der Waals surface area contributed by atoms with Crippen LogP contribution >= 0.6 is 0 Å². The summed E-state index contributed by atoms with van der Waals surface area (Å²) in [7, 11) is -4.28. The van der Waals surface area contributed by atoms with Crippen LogP contribution < -0.4 is 4.74 Å². The summed E-state index contributed by atoms with van der Waals surface area (Å²) >= 11 is 0. The third-order valence-electron chi connectivity index (χ3n) is 7.27. The molecular formula is C32H56FNaO4S. The molecule has 4 nitrogen and oxygen atoms in total. The number of unbranched alkanes of at least 4 members (excludes halogenated alkanes) is 18. The van der Waals surface area contributed by atoms with Crippen molar-refractivity contribution in [3.8, 4) is 5.75 Å². The molecule has 1 aromatic carbocycles. The summed E-state index contributed by atoms with van der Waals surface area (Å²) in [4.78, 5) is -0.233. The Hall–Kier alpha value is -0.400. The van der Waals surface area contributed by atoms with Gasteiger partial charge in [0.05, 0.1) is 4.90 Å². The molecule has 0 heterocycles. The minimum atomic E-state index is -4.28. The van der Waals surface area contributed by atoms with E-state index in [1.165, 1.54) is 127 Å². The normalized spacial score (nSPS) is 12.2. The second-order valence-corrected chi connectivity index (χ2v) is 12.2. The first-order valence-corrected chi connectivity index (χ1v) is 17.0. The summed E-state index contributed by atoms with van der Waals surface area (Å²) in [5, 5.41) is 0. The van der Waals surface area contributed by atoms with E-state index in [4.69, 9.17) is 9.29 Å². The Morgan fingerprint density at radius 2 is 0.974 bits per heavy atom. The monoisotopic (exact) mass is 578 g/mol. The predicted molar refractivity (Wildman–Crippen MR) is 165 cm³/mol. The van der Waals surface area contributed by atoms with Gasteiger partial charge in [-0.3, -0.25) is 4.55 Å². The van der Waals surface area contributed by atoms with Crippen molar-refractivity contribution in [2.75, 3.05) is 0 Å². The fourth-order valence-electron chi connectivity index (χ4n) is 4.83. The Morgan fingerprint density at radius 3 is 1.31 bits per heavy atom. The molecule has 0 aliphatic carbocycles. The summed E-state index contributed by atoms with van der Waals surface area (Å²) in [5.74, 6) is 0.231. The van der Waals surface area contributed by atoms with E-state index in [1.54, 1.807) is 0 Å². The molecule has 1 N–H and O–H groups in total. The fraction of sp³-hybridized carbons (Fsp3) is 0.750. The molecule has 0 amide bonds. The summed E-state index contributed by atoms with van der Waals surface area (Å²) in [6, 6.07) is 4.61. The molecule has 39 heavy (non-hydrogen) atoms. The minimum absolute atomic E-state index is 0.